The second-order valence-electron chi connectivity index (χ2n) is 19.8. The maximum absolute atomic E-state index is 12.8. The van der Waals surface area contributed by atoms with Gasteiger partial charge in [-0.25, -0.2) is 0 Å². The van der Waals surface area contributed by atoms with Gasteiger partial charge in [-0.3, -0.25) is 9.59 Å². The number of rotatable bonds is 51. The Balaban J connectivity index is 4.13. The number of aliphatic carboxylic acids is 1. The first-order valence-electron chi connectivity index (χ1n) is 28.1. The van der Waals surface area contributed by atoms with Crippen LogP contribution in [0.25, 0.3) is 0 Å². The van der Waals surface area contributed by atoms with Gasteiger partial charge in [-0.05, 0) is 77.0 Å². The van der Waals surface area contributed by atoms with Crippen LogP contribution in [-0.2, 0) is 33.3 Å². The van der Waals surface area contributed by atoms with Crippen molar-refractivity contribution in [1.82, 2.24) is 0 Å². The first-order valence-corrected chi connectivity index (χ1v) is 28.1. The molecule has 0 radical (unpaired) electrons. The van der Waals surface area contributed by atoms with Crippen molar-refractivity contribution in [3.63, 3.8) is 0 Å². The molecule has 0 aliphatic rings. The molecule has 398 valence electrons. The summed E-state index contributed by atoms with van der Waals surface area (Å²) in [5.41, 5.74) is 0. The van der Waals surface area contributed by atoms with E-state index in [1.54, 1.807) is 0 Å². The summed E-state index contributed by atoms with van der Waals surface area (Å²) in [7, 11) is 5.91. The minimum Gasteiger partial charge on any atom is -0.545 e. The van der Waals surface area contributed by atoms with Gasteiger partial charge in [0.1, 0.15) is 13.2 Å². The molecular formula is C60H105NO8. The van der Waals surface area contributed by atoms with Crippen LogP contribution in [0.5, 0.6) is 0 Å². The Bertz CT molecular complexity index is 1360. The van der Waals surface area contributed by atoms with Crippen molar-refractivity contribution >= 4 is 17.9 Å². The second-order valence-corrected chi connectivity index (χ2v) is 19.8. The van der Waals surface area contributed by atoms with Gasteiger partial charge in [0.2, 0.25) is 0 Å². The number of carbonyl (C=O) groups is 3. The lowest BCUT2D eigenvalue weighted by Gasteiger charge is -2.26. The minimum absolute atomic E-state index is 0.144. The fourth-order valence-corrected chi connectivity index (χ4v) is 7.62. The highest BCUT2D eigenvalue weighted by molar-refractivity contribution is 5.70. The molecule has 0 aromatic carbocycles. The largest absolute Gasteiger partial charge is 0.545 e. The molecule has 2 unspecified atom stereocenters. The molecule has 0 bridgehead atoms. The third-order valence-electron chi connectivity index (χ3n) is 11.9. The smallest absolute Gasteiger partial charge is 0.306 e. The number of carboxylic acid groups (broad SMARTS) is 1. The zero-order valence-electron chi connectivity index (χ0n) is 45.2. The van der Waals surface area contributed by atoms with Crippen LogP contribution in [0.2, 0.25) is 0 Å². The average molecular weight is 968 g/mol. The first-order chi connectivity index (χ1) is 33.6. The molecule has 0 rings (SSSR count). The summed E-state index contributed by atoms with van der Waals surface area (Å²) >= 11 is 0. The molecule has 0 aromatic rings. The van der Waals surface area contributed by atoms with E-state index in [0.29, 0.717) is 17.4 Å². The van der Waals surface area contributed by atoms with E-state index in [1.807, 2.05) is 21.1 Å². The van der Waals surface area contributed by atoms with Crippen molar-refractivity contribution in [1.29, 1.82) is 0 Å². The number of carboxylic acids is 1. The van der Waals surface area contributed by atoms with E-state index in [9.17, 15) is 19.5 Å². The van der Waals surface area contributed by atoms with Gasteiger partial charge < -0.3 is 33.3 Å². The number of esters is 2. The van der Waals surface area contributed by atoms with E-state index < -0.39 is 24.3 Å². The Kier molecular flexibility index (Phi) is 48.7. The molecule has 0 heterocycles. The van der Waals surface area contributed by atoms with Gasteiger partial charge in [-0.1, -0.05) is 215 Å². The maximum atomic E-state index is 12.8. The molecule has 9 heteroatoms. The van der Waals surface area contributed by atoms with Crippen LogP contribution in [0.15, 0.2) is 72.9 Å². The topological polar surface area (TPSA) is 111 Å². The number of unbranched alkanes of at least 4 members (excludes halogenated alkanes) is 24. The molecule has 9 nitrogen and oxygen atoms in total. The molecule has 0 aliphatic heterocycles. The Morgan fingerprint density at radius 3 is 1.23 bits per heavy atom. The van der Waals surface area contributed by atoms with Crippen molar-refractivity contribution in [2.45, 2.75) is 245 Å². The lowest BCUT2D eigenvalue weighted by atomic mass is 10.0. The molecule has 0 aliphatic carbocycles. The fraction of sp³-hybridized carbons (Fsp3) is 0.750. The summed E-state index contributed by atoms with van der Waals surface area (Å²) in [6, 6.07) is 0. The number of nitrogens with zero attached hydrogens (tertiary/aromatic N) is 1. The minimum atomic E-state index is -1.62. The number of carbonyl (C=O) groups excluding carboxylic acids is 3. The third kappa shape index (κ3) is 52.4. The van der Waals surface area contributed by atoms with Gasteiger partial charge in [-0.2, -0.15) is 0 Å². The predicted molar refractivity (Wildman–Crippen MR) is 288 cm³/mol. The molecule has 0 aromatic heterocycles. The molecule has 0 saturated carbocycles. The van der Waals surface area contributed by atoms with Gasteiger partial charge in [0.05, 0.1) is 40.3 Å². The summed E-state index contributed by atoms with van der Waals surface area (Å²) < 4.78 is 22.6. The number of allylic oxidation sites excluding steroid dienone is 12. The van der Waals surface area contributed by atoms with Crippen molar-refractivity contribution < 1.29 is 42.9 Å². The molecule has 0 spiro atoms. The average Bonchev–Trinajstić information content (AvgIpc) is 3.31. The number of hydrogen-bond donors (Lipinski definition) is 0. The van der Waals surface area contributed by atoms with Gasteiger partial charge in [-0.15, -0.1) is 0 Å². The van der Waals surface area contributed by atoms with E-state index in [1.165, 1.54) is 109 Å². The molecule has 69 heavy (non-hydrogen) atoms. The second kappa shape index (κ2) is 51.1. The van der Waals surface area contributed by atoms with Crippen molar-refractivity contribution in [3.05, 3.63) is 72.9 Å². The zero-order chi connectivity index (χ0) is 50.6. The standard InChI is InChI=1S/C60H105NO8/c1-6-8-10-12-14-16-18-20-21-22-23-24-25-26-27-28-29-30-31-32-33-34-35-36-37-39-41-43-45-47-49-51-58(63)69-56(55-68-60(59(64)65)66-53-52-61(3,4)5)54-67-57(62)50-48-46-44-42-40-38-19-17-15-13-11-9-7-2/h8,10-11,13-14,16-17,19-21,23-24,56,60H,6-7,9,12,15,18,22,25-55H2,1-5H3/b10-8-,13-11-,16-14-,19-17-,21-20-,24-23-. The van der Waals surface area contributed by atoms with Crippen LogP contribution in [0.1, 0.15) is 232 Å². The van der Waals surface area contributed by atoms with Gasteiger partial charge >= 0.3 is 11.9 Å². The molecule has 0 N–H and O–H groups in total. The Labute approximate surface area is 424 Å². The van der Waals surface area contributed by atoms with Gasteiger partial charge in [0.25, 0.3) is 0 Å². The van der Waals surface area contributed by atoms with Gasteiger partial charge in [0, 0.05) is 12.8 Å². The van der Waals surface area contributed by atoms with E-state index in [-0.39, 0.29) is 38.6 Å². The van der Waals surface area contributed by atoms with Crippen LogP contribution in [0.4, 0.5) is 0 Å². The monoisotopic (exact) mass is 968 g/mol. The Morgan fingerprint density at radius 1 is 0.449 bits per heavy atom. The fourth-order valence-electron chi connectivity index (χ4n) is 7.62. The van der Waals surface area contributed by atoms with Gasteiger partial charge in [0.15, 0.2) is 12.4 Å². The third-order valence-corrected chi connectivity index (χ3v) is 11.9. The SMILES string of the molecule is CC/C=C\C/C=C\C/C=C\C/C=C\CCCCCCCCCCCCCCCCCCCCC(=O)OC(COC(=O)CCCCCCC/C=C\C/C=C\CCC)COC(OCC[N+](C)(C)C)C(=O)[O-]. The molecule has 0 amide bonds. The van der Waals surface area contributed by atoms with Crippen LogP contribution >= 0.6 is 0 Å². The van der Waals surface area contributed by atoms with Crippen molar-refractivity contribution in [2.75, 3.05) is 47.5 Å². The quantitative estimate of drug-likeness (QED) is 0.0195. The van der Waals surface area contributed by atoms with E-state index >= 15 is 0 Å². The maximum Gasteiger partial charge on any atom is 0.306 e. The lowest BCUT2D eigenvalue weighted by molar-refractivity contribution is -0.870. The molecular weight excluding hydrogens is 863 g/mol. The lowest BCUT2D eigenvalue weighted by Crippen LogP contribution is -2.44. The number of likely N-dealkylation sites (N-methyl/N-ethyl adjacent to an activating group) is 1. The Morgan fingerprint density at radius 2 is 0.826 bits per heavy atom. The van der Waals surface area contributed by atoms with Crippen LogP contribution in [-0.4, -0.2) is 82.3 Å². The molecule has 0 fully saturated rings. The molecule has 2 atom stereocenters. The zero-order valence-corrected chi connectivity index (χ0v) is 45.2. The van der Waals surface area contributed by atoms with Crippen molar-refractivity contribution in [2.24, 2.45) is 0 Å². The number of hydrogen-bond acceptors (Lipinski definition) is 8. The van der Waals surface area contributed by atoms with Crippen LogP contribution in [0, 0.1) is 0 Å². The Hall–Kier alpha value is -3.27. The van der Waals surface area contributed by atoms with Crippen molar-refractivity contribution in [3.8, 4) is 0 Å². The number of quaternary nitrogens is 1. The number of ether oxygens (including phenoxy) is 4. The summed E-state index contributed by atoms with van der Waals surface area (Å²) in [5, 5.41) is 11.7. The van der Waals surface area contributed by atoms with E-state index in [0.717, 1.165) is 89.9 Å². The summed E-state index contributed by atoms with van der Waals surface area (Å²) in [5.74, 6) is -2.30. The highest BCUT2D eigenvalue weighted by Crippen LogP contribution is 2.16. The van der Waals surface area contributed by atoms with Crippen LogP contribution in [0.3, 0.4) is 0 Å². The van der Waals surface area contributed by atoms with E-state index in [4.69, 9.17) is 18.9 Å². The highest BCUT2D eigenvalue weighted by atomic mass is 16.7. The predicted octanol–water partition coefficient (Wildman–Crippen LogP) is 14.9. The van der Waals surface area contributed by atoms with Crippen LogP contribution < -0.4 is 5.11 Å². The normalized spacial score (nSPS) is 13.3. The first kappa shape index (κ1) is 65.7. The molecule has 0 saturated heterocycles. The van der Waals surface area contributed by atoms with E-state index in [2.05, 4.69) is 86.8 Å². The summed E-state index contributed by atoms with van der Waals surface area (Å²) in [4.78, 5) is 37.2. The summed E-state index contributed by atoms with van der Waals surface area (Å²) in [6.45, 7) is 4.56. The summed E-state index contributed by atoms with van der Waals surface area (Å²) in [6.07, 6.45) is 62.5. The highest BCUT2D eigenvalue weighted by Gasteiger charge is 2.22.